The van der Waals surface area contributed by atoms with Gasteiger partial charge in [-0.2, -0.15) is 13.2 Å². The minimum atomic E-state index is -5.35. The molecule has 0 saturated heterocycles. The maximum atomic E-state index is 14.5. The zero-order valence-corrected chi connectivity index (χ0v) is 22.3. The summed E-state index contributed by atoms with van der Waals surface area (Å²) in [6.45, 7) is 0.000701. The summed E-state index contributed by atoms with van der Waals surface area (Å²) in [5.41, 5.74) is 1.04. The topological polar surface area (TPSA) is 148 Å². The number of nitrogens with zero attached hydrogens (tertiary/aromatic N) is 2. The fourth-order valence-corrected chi connectivity index (χ4v) is 4.92. The first-order chi connectivity index (χ1) is 19.4. The van der Waals surface area contributed by atoms with Crippen LogP contribution < -0.4 is 15.8 Å². The third-order valence-corrected chi connectivity index (χ3v) is 7.05. The number of rotatable bonds is 10. The van der Waals surface area contributed by atoms with Gasteiger partial charge in [0.1, 0.15) is 22.3 Å². The fourth-order valence-electron chi connectivity index (χ4n) is 4.05. The van der Waals surface area contributed by atoms with Gasteiger partial charge in [0.25, 0.3) is 5.91 Å². The fraction of sp³-hybridized carbons (Fsp3) is 0.259. The predicted octanol–water partition coefficient (Wildman–Crippen LogP) is 3.60. The third kappa shape index (κ3) is 6.29. The minimum absolute atomic E-state index is 0.00349. The molecule has 0 saturated carbocycles. The smallest absolute Gasteiger partial charge is 0.424 e. The van der Waals surface area contributed by atoms with Crippen LogP contribution in [0.25, 0.3) is 21.5 Å². The second-order valence-corrected chi connectivity index (χ2v) is 10.0. The Hall–Kier alpha value is -4.14. The van der Waals surface area contributed by atoms with Crippen LogP contribution in [0.2, 0.25) is 0 Å². The van der Waals surface area contributed by atoms with Crippen LogP contribution in [0.3, 0.4) is 0 Å². The highest BCUT2D eigenvalue weighted by molar-refractivity contribution is 7.18. The lowest BCUT2D eigenvalue weighted by atomic mass is 9.93. The number of fused-ring (bicyclic) bond motifs is 1. The van der Waals surface area contributed by atoms with Crippen LogP contribution in [0.1, 0.15) is 33.5 Å². The van der Waals surface area contributed by atoms with Crippen molar-refractivity contribution in [2.75, 3.05) is 13.2 Å². The van der Waals surface area contributed by atoms with Gasteiger partial charge in [-0.3, -0.25) is 9.59 Å². The molecule has 0 aliphatic carbocycles. The number of hydrogen-bond acceptors (Lipinski definition) is 8. The van der Waals surface area contributed by atoms with Crippen LogP contribution in [0.5, 0.6) is 5.75 Å². The van der Waals surface area contributed by atoms with Crippen molar-refractivity contribution in [2.45, 2.75) is 31.7 Å². The van der Waals surface area contributed by atoms with E-state index in [4.69, 9.17) is 10.5 Å². The van der Waals surface area contributed by atoms with Crippen LogP contribution in [-0.2, 0) is 23.4 Å². The van der Waals surface area contributed by atoms with Crippen molar-refractivity contribution in [3.8, 4) is 17.0 Å². The van der Waals surface area contributed by atoms with Crippen molar-refractivity contribution in [1.82, 2.24) is 15.3 Å². The Morgan fingerprint density at radius 3 is 2.41 bits per heavy atom. The molecule has 41 heavy (non-hydrogen) atoms. The summed E-state index contributed by atoms with van der Waals surface area (Å²) >= 11 is 1.11. The van der Waals surface area contributed by atoms with Gasteiger partial charge >= 0.3 is 6.18 Å². The SMILES string of the molecule is CCOc1c(CC(N)=O)cc([C@@](O)(CNC(=O)c2ccc3nc(CO)sc3c2)C(F)(F)F)nc1-c1ccc(F)cc1. The standard InChI is InChI=1S/C27H24F4N4O5S/c1-2-40-24-16(11-21(32)37)10-20(35-23(24)14-3-6-17(28)7-4-14)26(39,27(29,30)31)13-33-25(38)15-5-8-18-19(9-15)41-22(12-36)34-18/h3-10,36,39H,2,11-13H2,1H3,(H2,32,37)(H,33,38)/t26-/m0/s1. The van der Waals surface area contributed by atoms with Gasteiger partial charge in [0.15, 0.2) is 0 Å². The number of aliphatic hydroxyl groups is 2. The molecular formula is C27H24F4N4O5S. The lowest BCUT2D eigenvalue weighted by molar-refractivity contribution is -0.265. The molecule has 2 amide bonds. The van der Waals surface area contributed by atoms with Crippen molar-refractivity contribution >= 4 is 33.4 Å². The number of carbonyl (C=O) groups is 2. The number of amides is 2. The van der Waals surface area contributed by atoms with E-state index >= 15 is 0 Å². The summed E-state index contributed by atoms with van der Waals surface area (Å²) in [6.07, 6.45) is -5.90. The van der Waals surface area contributed by atoms with Gasteiger partial charge in [0.2, 0.25) is 11.5 Å². The Balaban J connectivity index is 1.77. The lowest BCUT2D eigenvalue weighted by Gasteiger charge is -2.31. The Kier molecular flexibility index (Phi) is 8.56. The van der Waals surface area contributed by atoms with E-state index in [0.29, 0.717) is 15.2 Å². The Morgan fingerprint density at radius 1 is 1.10 bits per heavy atom. The monoisotopic (exact) mass is 592 g/mol. The highest BCUT2D eigenvalue weighted by Gasteiger charge is 2.56. The molecule has 1 atom stereocenters. The van der Waals surface area contributed by atoms with E-state index in [0.717, 1.165) is 29.5 Å². The zero-order chi connectivity index (χ0) is 29.9. The molecule has 14 heteroatoms. The first-order valence-corrected chi connectivity index (χ1v) is 13.0. The van der Waals surface area contributed by atoms with E-state index < -0.39 is 48.1 Å². The number of primary amides is 1. The number of hydrogen-bond donors (Lipinski definition) is 4. The van der Waals surface area contributed by atoms with Gasteiger partial charge in [-0.1, -0.05) is 0 Å². The second-order valence-electron chi connectivity index (χ2n) is 8.92. The maximum Gasteiger partial charge on any atom is 0.424 e. The van der Waals surface area contributed by atoms with Gasteiger partial charge in [-0.15, -0.1) is 11.3 Å². The molecule has 2 aromatic heterocycles. The normalized spacial score (nSPS) is 13.1. The molecule has 5 N–H and O–H groups in total. The summed E-state index contributed by atoms with van der Waals surface area (Å²) in [6, 6.07) is 9.71. The number of carbonyl (C=O) groups excluding carboxylic acids is 2. The van der Waals surface area contributed by atoms with Crippen LogP contribution >= 0.6 is 11.3 Å². The summed E-state index contributed by atoms with van der Waals surface area (Å²) in [7, 11) is 0. The number of aliphatic hydroxyl groups excluding tert-OH is 1. The molecule has 0 spiro atoms. The third-order valence-electron chi connectivity index (χ3n) is 6.05. The first-order valence-electron chi connectivity index (χ1n) is 12.1. The van der Waals surface area contributed by atoms with E-state index in [9.17, 15) is 37.4 Å². The molecule has 0 fully saturated rings. The van der Waals surface area contributed by atoms with Gasteiger partial charge in [-0.25, -0.2) is 14.4 Å². The maximum absolute atomic E-state index is 14.5. The van der Waals surface area contributed by atoms with E-state index in [2.05, 4.69) is 15.3 Å². The van der Waals surface area contributed by atoms with Crippen molar-refractivity contribution in [2.24, 2.45) is 5.73 Å². The Morgan fingerprint density at radius 2 is 1.80 bits per heavy atom. The van der Waals surface area contributed by atoms with E-state index in [1.54, 1.807) is 6.92 Å². The number of benzene rings is 2. The Bertz CT molecular complexity index is 1590. The van der Waals surface area contributed by atoms with Crippen molar-refractivity contribution in [3.63, 3.8) is 0 Å². The number of nitrogens with two attached hydrogens (primary N) is 1. The van der Waals surface area contributed by atoms with Crippen molar-refractivity contribution in [3.05, 3.63) is 76.2 Å². The van der Waals surface area contributed by atoms with E-state index in [-0.39, 0.29) is 41.3 Å². The number of nitrogens with one attached hydrogen (secondary N) is 1. The molecule has 0 unspecified atom stereocenters. The summed E-state index contributed by atoms with van der Waals surface area (Å²) in [4.78, 5) is 32.9. The summed E-state index contributed by atoms with van der Waals surface area (Å²) in [5, 5.41) is 22.8. The Labute approximate surface area is 234 Å². The molecular weight excluding hydrogens is 568 g/mol. The largest absolute Gasteiger partial charge is 0.491 e. The van der Waals surface area contributed by atoms with Gasteiger partial charge in [-0.05, 0) is 55.5 Å². The van der Waals surface area contributed by atoms with Crippen LogP contribution in [0, 0.1) is 5.82 Å². The highest BCUT2D eigenvalue weighted by Crippen LogP contribution is 2.42. The summed E-state index contributed by atoms with van der Waals surface area (Å²) < 4.78 is 63.1. The molecule has 2 aromatic carbocycles. The first kappa shape index (κ1) is 29.8. The van der Waals surface area contributed by atoms with Gasteiger partial charge in [0, 0.05) is 16.7 Å². The predicted molar refractivity (Wildman–Crippen MR) is 142 cm³/mol. The number of ether oxygens (including phenoxy) is 1. The van der Waals surface area contributed by atoms with Gasteiger partial charge in [0.05, 0.1) is 42.1 Å². The molecule has 4 rings (SSSR count). The van der Waals surface area contributed by atoms with E-state index in [1.165, 1.54) is 30.3 Å². The molecule has 0 bridgehead atoms. The van der Waals surface area contributed by atoms with Crippen LogP contribution in [0.4, 0.5) is 17.6 Å². The molecule has 4 aromatic rings. The number of halogens is 4. The van der Waals surface area contributed by atoms with Crippen molar-refractivity contribution in [1.29, 1.82) is 0 Å². The lowest BCUT2D eigenvalue weighted by Crippen LogP contribution is -2.51. The zero-order valence-electron chi connectivity index (χ0n) is 21.5. The average molecular weight is 593 g/mol. The number of aromatic nitrogens is 2. The highest BCUT2D eigenvalue weighted by atomic mass is 32.1. The molecule has 0 aliphatic rings. The molecule has 216 valence electrons. The molecule has 0 radical (unpaired) electrons. The number of pyridine rings is 1. The molecule has 0 aliphatic heterocycles. The van der Waals surface area contributed by atoms with Gasteiger partial charge < -0.3 is 26.0 Å². The van der Waals surface area contributed by atoms with Crippen LogP contribution in [-0.4, -0.2) is 51.3 Å². The van der Waals surface area contributed by atoms with Crippen molar-refractivity contribution < 1.29 is 42.1 Å². The number of alkyl halides is 3. The van der Waals surface area contributed by atoms with E-state index in [1.807, 2.05) is 0 Å². The average Bonchev–Trinajstić information content (AvgIpc) is 3.34. The molecule has 2 heterocycles. The summed E-state index contributed by atoms with van der Waals surface area (Å²) in [5.74, 6) is -2.48. The van der Waals surface area contributed by atoms with Crippen LogP contribution in [0.15, 0.2) is 48.5 Å². The minimum Gasteiger partial charge on any atom is -0.491 e. The second kappa shape index (κ2) is 11.8. The molecule has 9 nitrogen and oxygen atoms in total. The quantitative estimate of drug-likeness (QED) is 0.206. The number of thiazole rings is 1.